The van der Waals surface area contributed by atoms with Crippen molar-refractivity contribution in [1.82, 2.24) is 4.90 Å². The van der Waals surface area contributed by atoms with Gasteiger partial charge < -0.3 is 14.4 Å². The van der Waals surface area contributed by atoms with Gasteiger partial charge >= 0.3 is 6.09 Å². The zero-order valence-corrected chi connectivity index (χ0v) is 12.1. The van der Waals surface area contributed by atoms with Crippen molar-refractivity contribution in [1.29, 1.82) is 0 Å². The predicted molar refractivity (Wildman–Crippen MR) is 73.8 cm³/mol. The molecule has 0 bridgehead atoms. The first-order chi connectivity index (χ1) is 9.11. The van der Waals surface area contributed by atoms with E-state index in [2.05, 4.69) is 0 Å². The van der Waals surface area contributed by atoms with Crippen LogP contribution in [0.2, 0.25) is 10.0 Å². The molecule has 0 spiro atoms. The van der Waals surface area contributed by atoms with E-state index in [4.69, 9.17) is 32.7 Å². The SMILES string of the molecule is CCOC(=O)N1CCOC(c2ccc(Cl)c(Cl)c2)C1. The predicted octanol–water partition coefficient (Wildman–Crippen LogP) is 3.52. The van der Waals surface area contributed by atoms with Crippen LogP contribution in [0.15, 0.2) is 18.2 Å². The number of benzene rings is 1. The lowest BCUT2D eigenvalue weighted by atomic mass is 10.1. The molecule has 104 valence electrons. The highest BCUT2D eigenvalue weighted by atomic mass is 35.5. The molecule has 0 aromatic heterocycles. The smallest absolute Gasteiger partial charge is 0.409 e. The van der Waals surface area contributed by atoms with Crippen LogP contribution in [-0.2, 0) is 9.47 Å². The number of amides is 1. The third kappa shape index (κ3) is 3.53. The monoisotopic (exact) mass is 303 g/mol. The molecule has 0 aliphatic carbocycles. The van der Waals surface area contributed by atoms with Gasteiger partial charge in [-0.1, -0.05) is 29.3 Å². The molecule has 1 fully saturated rings. The Kier molecular flexibility index (Phi) is 4.91. The van der Waals surface area contributed by atoms with Crippen molar-refractivity contribution in [2.24, 2.45) is 0 Å². The number of ether oxygens (including phenoxy) is 2. The average molecular weight is 304 g/mol. The molecule has 1 aliphatic rings. The van der Waals surface area contributed by atoms with E-state index < -0.39 is 0 Å². The molecule has 4 nitrogen and oxygen atoms in total. The molecular formula is C13H15Cl2NO3. The third-order valence-electron chi connectivity index (χ3n) is 2.91. The summed E-state index contributed by atoms with van der Waals surface area (Å²) in [5, 5.41) is 0.986. The minimum atomic E-state index is -0.309. The van der Waals surface area contributed by atoms with Crippen LogP contribution in [0.3, 0.4) is 0 Å². The van der Waals surface area contributed by atoms with Crippen LogP contribution in [0.4, 0.5) is 4.79 Å². The summed E-state index contributed by atoms with van der Waals surface area (Å²) >= 11 is 11.9. The van der Waals surface area contributed by atoms with Crippen molar-refractivity contribution in [2.75, 3.05) is 26.3 Å². The van der Waals surface area contributed by atoms with Crippen molar-refractivity contribution in [3.8, 4) is 0 Å². The molecule has 1 heterocycles. The lowest BCUT2D eigenvalue weighted by Gasteiger charge is -2.32. The van der Waals surface area contributed by atoms with Crippen LogP contribution in [0.5, 0.6) is 0 Å². The Morgan fingerprint density at radius 1 is 1.47 bits per heavy atom. The Balaban J connectivity index is 2.08. The van der Waals surface area contributed by atoms with E-state index in [-0.39, 0.29) is 12.2 Å². The Morgan fingerprint density at radius 3 is 2.95 bits per heavy atom. The minimum Gasteiger partial charge on any atom is -0.450 e. The molecule has 0 radical (unpaired) electrons. The van der Waals surface area contributed by atoms with Gasteiger partial charge in [-0.3, -0.25) is 0 Å². The topological polar surface area (TPSA) is 38.8 Å². The van der Waals surface area contributed by atoms with Gasteiger partial charge in [0.1, 0.15) is 6.10 Å². The molecule has 0 saturated carbocycles. The number of hydrogen-bond acceptors (Lipinski definition) is 3. The first-order valence-electron chi connectivity index (χ1n) is 6.10. The van der Waals surface area contributed by atoms with Crippen LogP contribution >= 0.6 is 23.2 Å². The molecule has 1 aliphatic heterocycles. The van der Waals surface area contributed by atoms with Crippen molar-refractivity contribution in [2.45, 2.75) is 13.0 Å². The summed E-state index contributed by atoms with van der Waals surface area (Å²) in [6.07, 6.45) is -0.510. The van der Waals surface area contributed by atoms with Gasteiger partial charge in [0.15, 0.2) is 0 Å². The van der Waals surface area contributed by atoms with Crippen LogP contribution < -0.4 is 0 Å². The molecular weight excluding hydrogens is 289 g/mol. The second-order valence-corrected chi connectivity index (χ2v) is 4.99. The molecule has 0 N–H and O–H groups in total. The van der Waals surface area contributed by atoms with E-state index >= 15 is 0 Å². The number of hydrogen-bond donors (Lipinski definition) is 0. The molecule has 1 unspecified atom stereocenters. The van der Waals surface area contributed by atoms with Crippen LogP contribution in [0.25, 0.3) is 0 Å². The number of nitrogens with zero attached hydrogens (tertiary/aromatic N) is 1. The molecule has 1 atom stereocenters. The largest absolute Gasteiger partial charge is 0.450 e. The van der Waals surface area contributed by atoms with Gasteiger partial charge in [-0.15, -0.1) is 0 Å². The number of carbonyl (C=O) groups excluding carboxylic acids is 1. The lowest BCUT2D eigenvalue weighted by molar-refractivity contribution is -0.0279. The van der Waals surface area contributed by atoms with Crippen LogP contribution in [0, 0.1) is 0 Å². The van der Waals surface area contributed by atoms with Gasteiger partial charge in [-0.25, -0.2) is 4.79 Å². The number of carbonyl (C=O) groups is 1. The molecule has 1 aromatic rings. The Morgan fingerprint density at radius 2 is 2.26 bits per heavy atom. The van der Waals surface area contributed by atoms with E-state index in [0.717, 1.165) is 5.56 Å². The van der Waals surface area contributed by atoms with Crippen molar-refractivity contribution < 1.29 is 14.3 Å². The van der Waals surface area contributed by atoms with E-state index in [1.807, 2.05) is 6.07 Å². The fourth-order valence-corrected chi connectivity index (χ4v) is 2.25. The zero-order chi connectivity index (χ0) is 13.8. The van der Waals surface area contributed by atoms with Crippen molar-refractivity contribution in [3.05, 3.63) is 33.8 Å². The number of rotatable bonds is 2. The maximum Gasteiger partial charge on any atom is 0.409 e. The van der Waals surface area contributed by atoms with E-state index in [1.165, 1.54) is 0 Å². The molecule has 19 heavy (non-hydrogen) atoms. The molecule has 1 saturated heterocycles. The maximum atomic E-state index is 11.7. The Bertz CT molecular complexity index is 467. The molecule has 1 amide bonds. The summed E-state index contributed by atoms with van der Waals surface area (Å²) in [4.78, 5) is 13.3. The highest BCUT2D eigenvalue weighted by molar-refractivity contribution is 6.42. The number of halogens is 2. The fourth-order valence-electron chi connectivity index (χ4n) is 1.94. The van der Waals surface area contributed by atoms with E-state index in [1.54, 1.807) is 24.0 Å². The quantitative estimate of drug-likeness (QED) is 0.839. The van der Waals surface area contributed by atoms with Crippen molar-refractivity contribution >= 4 is 29.3 Å². The fraction of sp³-hybridized carbons (Fsp3) is 0.462. The Labute approximate surface area is 122 Å². The summed E-state index contributed by atoms with van der Waals surface area (Å²) in [5.41, 5.74) is 0.906. The normalized spacial score (nSPS) is 19.3. The van der Waals surface area contributed by atoms with E-state index in [9.17, 15) is 4.79 Å². The summed E-state index contributed by atoms with van der Waals surface area (Å²) in [6.45, 7) is 3.62. The molecule has 2 rings (SSSR count). The molecule has 6 heteroatoms. The van der Waals surface area contributed by atoms with E-state index in [0.29, 0.717) is 36.3 Å². The first kappa shape index (κ1) is 14.4. The highest BCUT2D eigenvalue weighted by Gasteiger charge is 2.26. The van der Waals surface area contributed by atoms with Crippen LogP contribution in [-0.4, -0.2) is 37.3 Å². The summed E-state index contributed by atoms with van der Waals surface area (Å²) in [7, 11) is 0. The van der Waals surface area contributed by atoms with Gasteiger partial charge in [0, 0.05) is 6.54 Å². The third-order valence-corrected chi connectivity index (χ3v) is 3.65. The zero-order valence-electron chi connectivity index (χ0n) is 10.6. The standard InChI is InChI=1S/C13H15Cl2NO3/c1-2-18-13(17)16-5-6-19-12(8-16)9-3-4-10(14)11(15)7-9/h3-4,7,12H,2,5-6,8H2,1H3. The van der Waals surface area contributed by atoms with Crippen LogP contribution in [0.1, 0.15) is 18.6 Å². The first-order valence-corrected chi connectivity index (χ1v) is 6.85. The number of morpholine rings is 1. The second-order valence-electron chi connectivity index (χ2n) is 4.18. The summed E-state index contributed by atoms with van der Waals surface area (Å²) in [5.74, 6) is 0. The van der Waals surface area contributed by atoms with Gasteiger partial charge in [-0.2, -0.15) is 0 Å². The summed E-state index contributed by atoms with van der Waals surface area (Å²) < 4.78 is 10.7. The molecule has 1 aromatic carbocycles. The second kappa shape index (κ2) is 6.46. The van der Waals surface area contributed by atoms with Crippen molar-refractivity contribution in [3.63, 3.8) is 0 Å². The maximum absolute atomic E-state index is 11.7. The highest BCUT2D eigenvalue weighted by Crippen LogP contribution is 2.29. The lowest BCUT2D eigenvalue weighted by Crippen LogP contribution is -2.42. The van der Waals surface area contributed by atoms with Gasteiger partial charge in [0.25, 0.3) is 0 Å². The van der Waals surface area contributed by atoms with Gasteiger partial charge in [0.05, 0.1) is 29.8 Å². The van der Waals surface area contributed by atoms with Gasteiger partial charge in [0.2, 0.25) is 0 Å². The minimum absolute atomic E-state index is 0.201. The van der Waals surface area contributed by atoms with Gasteiger partial charge in [-0.05, 0) is 24.6 Å². The summed E-state index contributed by atoms with van der Waals surface area (Å²) in [6, 6.07) is 5.35. The Hall–Kier alpha value is -0.970. The average Bonchev–Trinajstić information content (AvgIpc) is 2.42.